The fourth-order valence-electron chi connectivity index (χ4n) is 4.45. The van der Waals surface area contributed by atoms with Gasteiger partial charge in [0.25, 0.3) is 0 Å². The van der Waals surface area contributed by atoms with Gasteiger partial charge in [0.15, 0.2) is 11.5 Å². The Balaban J connectivity index is 1.70. The smallest absolute Gasteiger partial charge is 0.161 e. The molecule has 0 aromatic heterocycles. The van der Waals surface area contributed by atoms with Crippen LogP contribution in [0.4, 0.5) is 0 Å². The molecule has 1 aliphatic rings. The van der Waals surface area contributed by atoms with E-state index in [1.807, 2.05) is 6.07 Å². The normalized spacial score (nSPS) is 15.2. The lowest BCUT2D eigenvalue weighted by molar-refractivity contribution is 0.267. The molecule has 174 valence electrons. The monoisotopic (exact) mass is 446 g/mol. The molecule has 0 fully saturated rings. The number of hydrogen-bond acceptors (Lipinski definition) is 5. The first kappa shape index (κ1) is 23.1. The Bertz CT molecular complexity index is 1070. The van der Waals surface area contributed by atoms with Crippen molar-refractivity contribution in [3.63, 3.8) is 0 Å². The topological polar surface area (TPSA) is 43.0 Å². The second-order valence-electron chi connectivity index (χ2n) is 8.67. The lowest BCUT2D eigenvalue weighted by Crippen LogP contribution is -2.31. The van der Waals surface area contributed by atoms with Crippen LogP contribution in [0.2, 0.25) is 0 Å². The SMILES string of the molecule is COc1cc2c(cc1OCCCN(C)C)C(c1cc(-c3ccccc3)ccc1OC)NCC2. The molecule has 1 atom stereocenters. The van der Waals surface area contributed by atoms with Gasteiger partial charge in [0.05, 0.1) is 26.9 Å². The van der Waals surface area contributed by atoms with E-state index in [1.54, 1.807) is 14.2 Å². The quantitative estimate of drug-likeness (QED) is 0.472. The first-order valence-electron chi connectivity index (χ1n) is 11.6. The number of hydrogen-bond donors (Lipinski definition) is 1. The highest BCUT2D eigenvalue weighted by atomic mass is 16.5. The van der Waals surface area contributed by atoms with Crippen LogP contribution >= 0.6 is 0 Å². The van der Waals surface area contributed by atoms with Crippen molar-refractivity contribution in [3.05, 3.63) is 77.4 Å². The summed E-state index contributed by atoms with van der Waals surface area (Å²) in [5.74, 6) is 2.47. The number of rotatable bonds is 9. The summed E-state index contributed by atoms with van der Waals surface area (Å²) >= 11 is 0. The Kier molecular flexibility index (Phi) is 7.53. The lowest BCUT2D eigenvalue weighted by atomic mass is 9.87. The summed E-state index contributed by atoms with van der Waals surface area (Å²) in [6.07, 6.45) is 1.91. The van der Waals surface area contributed by atoms with Crippen molar-refractivity contribution in [2.45, 2.75) is 18.9 Å². The summed E-state index contributed by atoms with van der Waals surface area (Å²) < 4.78 is 17.6. The van der Waals surface area contributed by atoms with Gasteiger partial charge in [0.2, 0.25) is 0 Å². The van der Waals surface area contributed by atoms with E-state index in [9.17, 15) is 0 Å². The molecule has 1 N–H and O–H groups in total. The minimum absolute atomic E-state index is 0.0161. The molecule has 0 saturated carbocycles. The average molecular weight is 447 g/mol. The lowest BCUT2D eigenvalue weighted by Gasteiger charge is -2.30. The van der Waals surface area contributed by atoms with E-state index < -0.39 is 0 Å². The molecule has 0 saturated heterocycles. The van der Waals surface area contributed by atoms with E-state index in [0.29, 0.717) is 6.61 Å². The minimum Gasteiger partial charge on any atom is -0.496 e. The van der Waals surface area contributed by atoms with Gasteiger partial charge in [-0.25, -0.2) is 0 Å². The Labute approximate surface area is 197 Å². The molecule has 1 heterocycles. The van der Waals surface area contributed by atoms with Gasteiger partial charge in [0, 0.05) is 18.7 Å². The van der Waals surface area contributed by atoms with E-state index in [-0.39, 0.29) is 6.04 Å². The second-order valence-corrected chi connectivity index (χ2v) is 8.67. The van der Waals surface area contributed by atoms with Crippen LogP contribution in [0.3, 0.4) is 0 Å². The third kappa shape index (κ3) is 5.32. The van der Waals surface area contributed by atoms with Gasteiger partial charge in [-0.2, -0.15) is 0 Å². The van der Waals surface area contributed by atoms with Crippen LogP contribution < -0.4 is 19.5 Å². The van der Waals surface area contributed by atoms with Crippen LogP contribution in [0, 0.1) is 0 Å². The highest BCUT2D eigenvalue weighted by molar-refractivity contribution is 5.67. The first-order valence-corrected chi connectivity index (χ1v) is 11.6. The summed E-state index contributed by atoms with van der Waals surface area (Å²) in [6, 6.07) is 21.2. The van der Waals surface area contributed by atoms with Gasteiger partial charge in [-0.15, -0.1) is 0 Å². The van der Waals surface area contributed by atoms with Gasteiger partial charge in [-0.3, -0.25) is 0 Å². The van der Waals surface area contributed by atoms with Gasteiger partial charge in [-0.1, -0.05) is 36.4 Å². The van der Waals surface area contributed by atoms with Crippen LogP contribution in [0.15, 0.2) is 60.7 Å². The first-order chi connectivity index (χ1) is 16.1. The van der Waals surface area contributed by atoms with Crippen LogP contribution in [0.5, 0.6) is 17.2 Å². The fraction of sp³-hybridized carbons (Fsp3) is 0.357. The number of methoxy groups -OCH3 is 2. The molecule has 1 unspecified atom stereocenters. The molecule has 0 bridgehead atoms. The largest absolute Gasteiger partial charge is 0.496 e. The van der Waals surface area contributed by atoms with E-state index in [4.69, 9.17) is 14.2 Å². The second kappa shape index (κ2) is 10.7. The Morgan fingerprint density at radius 3 is 2.36 bits per heavy atom. The van der Waals surface area contributed by atoms with Crippen molar-refractivity contribution >= 4 is 0 Å². The van der Waals surface area contributed by atoms with Gasteiger partial charge in [0.1, 0.15) is 5.75 Å². The van der Waals surface area contributed by atoms with Crippen molar-refractivity contribution in [2.24, 2.45) is 0 Å². The van der Waals surface area contributed by atoms with Crippen molar-refractivity contribution in [1.82, 2.24) is 10.2 Å². The molecule has 0 radical (unpaired) electrons. The predicted molar refractivity (Wildman–Crippen MR) is 134 cm³/mol. The fourth-order valence-corrected chi connectivity index (χ4v) is 4.45. The standard InChI is InChI=1S/C28H34N2O3/c1-30(2)15-8-16-33-27-19-23-22(18-26(27)32-4)13-14-29-28(23)24-17-21(11-12-25(24)31-3)20-9-6-5-7-10-20/h5-7,9-12,17-19,28-29H,8,13-16H2,1-4H3. The van der Waals surface area contributed by atoms with Crippen LogP contribution in [0.25, 0.3) is 11.1 Å². The summed E-state index contributed by atoms with van der Waals surface area (Å²) in [6.45, 7) is 2.53. The highest BCUT2D eigenvalue weighted by Gasteiger charge is 2.26. The maximum atomic E-state index is 6.17. The summed E-state index contributed by atoms with van der Waals surface area (Å²) in [4.78, 5) is 2.17. The third-order valence-electron chi connectivity index (χ3n) is 6.13. The Hall–Kier alpha value is -3.02. The van der Waals surface area contributed by atoms with Crippen molar-refractivity contribution in [3.8, 4) is 28.4 Å². The summed E-state index contributed by atoms with van der Waals surface area (Å²) in [7, 11) is 7.59. The average Bonchev–Trinajstić information content (AvgIpc) is 2.85. The highest BCUT2D eigenvalue weighted by Crippen LogP contribution is 2.41. The van der Waals surface area contributed by atoms with E-state index >= 15 is 0 Å². The zero-order chi connectivity index (χ0) is 23.2. The minimum atomic E-state index is 0.0161. The molecule has 5 nitrogen and oxygen atoms in total. The molecule has 4 rings (SSSR count). The van der Waals surface area contributed by atoms with Gasteiger partial charge < -0.3 is 24.4 Å². The molecule has 3 aromatic carbocycles. The van der Waals surface area contributed by atoms with Crippen LogP contribution in [-0.4, -0.2) is 52.9 Å². The molecule has 0 spiro atoms. The van der Waals surface area contributed by atoms with E-state index in [0.717, 1.165) is 48.7 Å². The Morgan fingerprint density at radius 2 is 1.64 bits per heavy atom. The molecule has 33 heavy (non-hydrogen) atoms. The van der Waals surface area contributed by atoms with E-state index in [1.165, 1.54) is 22.3 Å². The maximum Gasteiger partial charge on any atom is 0.161 e. The zero-order valence-electron chi connectivity index (χ0n) is 20.1. The number of ether oxygens (including phenoxy) is 3. The van der Waals surface area contributed by atoms with Crippen molar-refractivity contribution in [2.75, 3.05) is 48.0 Å². The third-order valence-corrected chi connectivity index (χ3v) is 6.13. The van der Waals surface area contributed by atoms with Crippen molar-refractivity contribution in [1.29, 1.82) is 0 Å². The number of nitrogens with zero attached hydrogens (tertiary/aromatic N) is 1. The zero-order valence-corrected chi connectivity index (χ0v) is 20.1. The molecule has 0 aliphatic carbocycles. The summed E-state index contributed by atoms with van der Waals surface area (Å²) in [5, 5.41) is 3.71. The van der Waals surface area contributed by atoms with Gasteiger partial charge >= 0.3 is 0 Å². The molecule has 0 amide bonds. The maximum absolute atomic E-state index is 6.17. The number of fused-ring (bicyclic) bond motifs is 1. The molecule has 3 aromatic rings. The molecule has 1 aliphatic heterocycles. The number of benzene rings is 3. The molecular formula is C28H34N2O3. The van der Waals surface area contributed by atoms with Gasteiger partial charge in [-0.05, 0) is 73.5 Å². The predicted octanol–water partition coefficient (Wildman–Crippen LogP) is 4.94. The number of nitrogens with one attached hydrogen (secondary N) is 1. The Morgan fingerprint density at radius 1 is 0.848 bits per heavy atom. The van der Waals surface area contributed by atoms with Crippen LogP contribution in [0.1, 0.15) is 29.2 Å². The molecule has 5 heteroatoms. The van der Waals surface area contributed by atoms with Crippen LogP contribution in [-0.2, 0) is 6.42 Å². The summed E-state index contributed by atoms with van der Waals surface area (Å²) in [5.41, 5.74) is 5.99. The van der Waals surface area contributed by atoms with E-state index in [2.05, 4.69) is 78.9 Å². The van der Waals surface area contributed by atoms with Crippen molar-refractivity contribution < 1.29 is 14.2 Å². The molecular weight excluding hydrogens is 412 g/mol.